The average molecular weight is 517 g/mol. The summed E-state index contributed by atoms with van der Waals surface area (Å²) in [5.41, 5.74) is 4.73. The van der Waals surface area contributed by atoms with Gasteiger partial charge in [0, 0.05) is 11.6 Å². The normalized spacial score (nSPS) is 26.1. The van der Waals surface area contributed by atoms with Gasteiger partial charge in [0.2, 0.25) is 17.7 Å². The molecule has 0 aromatic heterocycles. The number of amides is 3. The van der Waals surface area contributed by atoms with Crippen molar-refractivity contribution in [1.29, 1.82) is 0 Å². The molecule has 3 amide bonds. The standard InChI is InChI=1S/C27H21BrN2O4/c1-34-16-12-10-15(11-13-16)29-21(31)14-30-25(32)23-22-17-6-2-4-8-19(17)27(28,24(23)26(30)33)20-9-5-3-7-18(20)22/h2-13,22-24H,14H2,1H3,(H,29,31)/t22?,23-,24-,27?/m0/s1. The van der Waals surface area contributed by atoms with E-state index in [1.54, 1.807) is 31.4 Å². The number of hydrogen-bond donors (Lipinski definition) is 1. The van der Waals surface area contributed by atoms with Crippen LogP contribution in [0, 0.1) is 11.8 Å². The van der Waals surface area contributed by atoms with Crippen molar-refractivity contribution in [3.8, 4) is 5.75 Å². The molecule has 7 rings (SSSR count). The molecule has 2 bridgehead atoms. The molecule has 1 saturated heterocycles. The number of rotatable bonds is 4. The highest BCUT2D eigenvalue weighted by atomic mass is 79.9. The molecular formula is C27H21BrN2O4. The van der Waals surface area contributed by atoms with Crippen molar-refractivity contribution < 1.29 is 19.1 Å². The monoisotopic (exact) mass is 516 g/mol. The predicted molar refractivity (Wildman–Crippen MR) is 130 cm³/mol. The number of benzene rings is 3. The fourth-order valence-electron chi connectivity index (χ4n) is 5.91. The molecule has 1 aliphatic heterocycles. The number of nitrogens with one attached hydrogen (secondary N) is 1. The molecule has 7 heteroatoms. The molecule has 1 heterocycles. The fourth-order valence-corrected chi connectivity index (χ4v) is 7.12. The molecule has 4 aliphatic rings. The Labute approximate surface area is 205 Å². The number of nitrogens with zero attached hydrogens (tertiary/aromatic N) is 1. The lowest BCUT2D eigenvalue weighted by molar-refractivity contribution is -0.142. The van der Waals surface area contributed by atoms with Gasteiger partial charge in [-0.3, -0.25) is 19.3 Å². The van der Waals surface area contributed by atoms with Gasteiger partial charge in [-0.1, -0.05) is 64.5 Å². The van der Waals surface area contributed by atoms with Crippen LogP contribution in [0.3, 0.4) is 0 Å². The third-order valence-electron chi connectivity index (χ3n) is 7.28. The SMILES string of the molecule is COc1ccc(NC(=O)CN2C(=O)[C@@H]3[C@@H](C2=O)C2c4ccccc4C3(Br)c3ccccc32)cc1. The van der Waals surface area contributed by atoms with Crippen molar-refractivity contribution in [3.05, 3.63) is 95.1 Å². The first-order valence-corrected chi connectivity index (χ1v) is 11.9. The fraction of sp³-hybridized carbons (Fsp3) is 0.222. The number of carbonyl (C=O) groups excluding carboxylic acids is 3. The second-order valence-corrected chi connectivity index (χ2v) is 10.2. The highest BCUT2D eigenvalue weighted by Crippen LogP contribution is 2.66. The van der Waals surface area contributed by atoms with Gasteiger partial charge in [-0.05, 0) is 46.5 Å². The summed E-state index contributed by atoms with van der Waals surface area (Å²) in [5.74, 6) is -1.74. The van der Waals surface area contributed by atoms with E-state index in [1.165, 1.54) is 0 Å². The van der Waals surface area contributed by atoms with Gasteiger partial charge in [0.15, 0.2) is 0 Å². The molecule has 3 aromatic carbocycles. The van der Waals surface area contributed by atoms with E-state index < -0.39 is 22.1 Å². The van der Waals surface area contributed by atoms with Crippen molar-refractivity contribution in [2.24, 2.45) is 11.8 Å². The summed E-state index contributed by atoms with van der Waals surface area (Å²) >= 11 is 3.95. The molecular weight excluding hydrogens is 496 g/mol. The molecule has 2 atom stereocenters. The van der Waals surface area contributed by atoms with Crippen LogP contribution in [0.15, 0.2) is 72.8 Å². The maximum Gasteiger partial charge on any atom is 0.244 e. The lowest BCUT2D eigenvalue weighted by Crippen LogP contribution is -2.50. The topological polar surface area (TPSA) is 75.7 Å². The minimum Gasteiger partial charge on any atom is -0.497 e. The molecule has 1 fully saturated rings. The second-order valence-electron chi connectivity index (χ2n) is 8.91. The molecule has 0 spiro atoms. The number of anilines is 1. The van der Waals surface area contributed by atoms with Crippen molar-refractivity contribution >= 4 is 39.3 Å². The molecule has 3 aromatic rings. The zero-order valence-electron chi connectivity index (χ0n) is 18.3. The first kappa shape index (κ1) is 21.1. The number of hydrogen-bond acceptors (Lipinski definition) is 4. The number of alkyl halides is 1. The first-order chi connectivity index (χ1) is 16.4. The van der Waals surface area contributed by atoms with E-state index in [0.29, 0.717) is 11.4 Å². The molecule has 3 aliphatic carbocycles. The third-order valence-corrected chi connectivity index (χ3v) is 8.63. The summed E-state index contributed by atoms with van der Waals surface area (Å²) < 4.78 is 4.33. The summed E-state index contributed by atoms with van der Waals surface area (Å²) in [4.78, 5) is 41.3. The Morgan fingerprint density at radius 3 is 2.12 bits per heavy atom. The first-order valence-electron chi connectivity index (χ1n) is 11.1. The number of carbonyl (C=O) groups is 3. The smallest absolute Gasteiger partial charge is 0.244 e. The summed E-state index contributed by atoms with van der Waals surface area (Å²) in [7, 11) is 1.57. The number of likely N-dealkylation sites (tertiary alicyclic amines) is 1. The van der Waals surface area contributed by atoms with Crippen LogP contribution in [0.5, 0.6) is 5.75 Å². The van der Waals surface area contributed by atoms with Crippen LogP contribution in [0.25, 0.3) is 0 Å². The Morgan fingerprint density at radius 1 is 0.941 bits per heavy atom. The summed E-state index contributed by atoms with van der Waals surface area (Å²) in [6.07, 6.45) is 0. The largest absolute Gasteiger partial charge is 0.497 e. The van der Waals surface area contributed by atoms with Gasteiger partial charge < -0.3 is 10.1 Å². The van der Waals surface area contributed by atoms with Crippen LogP contribution in [-0.4, -0.2) is 36.3 Å². The Bertz CT molecular complexity index is 1310. The third kappa shape index (κ3) is 2.76. The van der Waals surface area contributed by atoms with E-state index in [9.17, 15) is 14.4 Å². The number of methoxy groups -OCH3 is 1. The van der Waals surface area contributed by atoms with Crippen molar-refractivity contribution in [2.45, 2.75) is 10.2 Å². The highest BCUT2D eigenvalue weighted by Gasteiger charge is 2.67. The Balaban J connectivity index is 1.35. The lowest BCUT2D eigenvalue weighted by atomic mass is 9.55. The van der Waals surface area contributed by atoms with Gasteiger partial charge in [0.25, 0.3) is 0 Å². The maximum absolute atomic E-state index is 13.7. The van der Waals surface area contributed by atoms with Crippen LogP contribution >= 0.6 is 15.9 Å². The predicted octanol–water partition coefficient (Wildman–Crippen LogP) is 4.03. The zero-order valence-corrected chi connectivity index (χ0v) is 19.9. The lowest BCUT2D eigenvalue weighted by Gasteiger charge is -2.51. The van der Waals surface area contributed by atoms with Gasteiger partial charge in [0.1, 0.15) is 12.3 Å². The van der Waals surface area contributed by atoms with Crippen LogP contribution in [-0.2, 0) is 18.7 Å². The highest BCUT2D eigenvalue weighted by molar-refractivity contribution is 9.09. The number of imide groups is 1. The van der Waals surface area contributed by atoms with E-state index in [0.717, 1.165) is 27.2 Å². The van der Waals surface area contributed by atoms with Gasteiger partial charge in [-0.15, -0.1) is 0 Å². The molecule has 6 nitrogen and oxygen atoms in total. The minimum atomic E-state index is -0.812. The van der Waals surface area contributed by atoms with Crippen LogP contribution in [0.4, 0.5) is 5.69 Å². The van der Waals surface area contributed by atoms with Crippen LogP contribution in [0.1, 0.15) is 28.2 Å². The van der Waals surface area contributed by atoms with Crippen LogP contribution < -0.4 is 10.1 Å². The molecule has 0 unspecified atom stereocenters. The Kier molecular flexibility index (Phi) is 4.68. The van der Waals surface area contributed by atoms with E-state index in [4.69, 9.17) is 4.74 Å². The maximum atomic E-state index is 13.7. The van der Waals surface area contributed by atoms with E-state index >= 15 is 0 Å². The molecule has 0 saturated carbocycles. The van der Waals surface area contributed by atoms with E-state index in [1.807, 2.05) is 48.5 Å². The van der Waals surface area contributed by atoms with Crippen molar-refractivity contribution in [1.82, 2.24) is 4.90 Å². The minimum absolute atomic E-state index is 0.220. The quantitative estimate of drug-likeness (QED) is 0.419. The molecule has 34 heavy (non-hydrogen) atoms. The van der Waals surface area contributed by atoms with Gasteiger partial charge >= 0.3 is 0 Å². The zero-order chi connectivity index (χ0) is 23.6. The number of ether oxygens (including phenoxy) is 1. The Hall–Kier alpha value is -3.45. The second kappa shape index (κ2) is 7.53. The van der Waals surface area contributed by atoms with Gasteiger partial charge in [0.05, 0.1) is 23.3 Å². The molecule has 1 N–H and O–H groups in total. The summed E-state index contributed by atoms with van der Waals surface area (Å²) in [6.45, 7) is -0.320. The van der Waals surface area contributed by atoms with Gasteiger partial charge in [-0.2, -0.15) is 0 Å². The molecule has 170 valence electrons. The average Bonchev–Trinajstić information content (AvgIpc) is 3.11. The van der Waals surface area contributed by atoms with E-state index in [-0.39, 0.29) is 24.3 Å². The van der Waals surface area contributed by atoms with Crippen LogP contribution in [0.2, 0.25) is 0 Å². The summed E-state index contributed by atoms with van der Waals surface area (Å²) in [6, 6.07) is 22.9. The Morgan fingerprint density at radius 2 is 1.53 bits per heavy atom. The summed E-state index contributed by atoms with van der Waals surface area (Å²) in [5, 5.41) is 2.77. The van der Waals surface area contributed by atoms with Crippen molar-refractivity contribution in [3.63, 3.8) is 0 Å². The van der Waals surface area contributed by atoms with E-state index in [2.05, 4.69) is 21.2 Å². The number of halogens is 1. The van der Waals surface area contributed by atoms with Gasteiger partial charge in [-0.25, -0.2) is 0 Å². The molecule has 0 radical (unpaired) electrons. The van der Waals surface area contributed by atoms with Crippen molar-refractivity contribution in [2.75, 3.05) is 19.0 Å².